The van der Waals surface area contributed by atoms with Crippen molar-refractivity contribution in [2.45, 2.75) is 51.2 Å². The average Bonchev–Trinajstić information content (AvgIpc) is 3.59. The number of rotatable bonds is 10. The van der Waals surface area contributed by atoms with Crippen molar-refractivity contribution in [1.82, 2.24) is 10.2 Å². The molecule has 148 valence electrons. The summed E-state index contributed by atoms with van der Waals surface area (Å²) in [6, 6.07) is 11.1. The molecule has 0 bridgehead atoms. The van der Waals surface area contributed by atoms with Gasteiger partial charge in [0.2, 0.25) is 0 Å². The predicted molar refractivity (Wildman–Crippen MR) is 105 cm³/mol. The van der Waals surface area contributed by atoms with Crippen molar-refractivity contribution in [3.8, 4) is 0 Å². The van der Waals surface area contributed by atoms with Crippen LogP contribution < -0.4 is 5.32 Å². The van der Waals surface area contributed by atoms with E-state index in [0.29, 0.717) is 12.6 Å². The summed E-state index contributed by atoms with van der Waals surface area (Å²) >= 11 is 0. The van der Waals surface area contributed by atoms with Crippen LogP contribution in [-0.2, 0) is 16.1 Å². The quantitative estimate of drug-likeness (QED) is 0.661. The average molecular weight is 373 g/mol. The zero-order chi connectivity index (χ0) is 18.7. The largest absolute Gasteiger partial charge is 0.481 e. The van der Waals surface area contributed by atoms with Gasteiger partial charge in [-0.3, -0.25) is 4.79 Å². The first-order valence-corrected chi connectivity index (χ1v) is 10.4. The zero-order valence-electron chi connectivity index (χ0n) is 16.2. The number of nitrogens with zero attached hydrogens (tertiary/aromatic N) is 1. The van der Waals surface area contributed by atoms with Crippen molar-refractivity contribution in [3.63, 3.8) is 0 Å². The van der Waals surface area contributed by atoms with Crippen LogP contribution >= 0.6 is 0 Å². The summed E-state index contributed by atoms with van der Waals surface area (Å²) in [6.07, 6.45) is 6.44. The molecule has 1 aromatic rings. The van der Waals surface area contributed by atoms with Gasteiger partial charge in [-0.2, -0.15) is 0 Å². The van der Waals surface area contributed by atoms with Crippen LogP contribution in [0.3, 0.4) is 0 Å². The van der Waals surface area contributed by atoms with Crippen molar-refractivity contribution in [2.24, 2.45) is 10.8 Å². The molecule has 27 heavy (non-hydrogen) atoms. The van der Waals surface area contributed by atoms with Gasteiger partial charge in [-0.25, -0.2) is 0 Å². The minimum Gasteiger partial charge on any atom is -0.481 e. The first-order chi connectivity index (χ1) is 13.1. The highest BCUT2D eigenvalue weighted by molar-refractivity contribution is 5.78. The number of nitrogens with one attached hydrogen (secondary N) is 1. The molecule has 1 aromatic carbocycles. The van der Waals surface area contributed by atoms with E-state index in [1.54, 1.807) is 0 Å². The van der Waals surface area contributed by atoms with Gasteiger partial charge < -0.3 is 20.1 Å². The molecule has 0 aromatic heterocycles. The summed E-state index contributed by atoms with van der Waals surface area (Å²) in [5, 5.41) is 13.2. The van der Waals surface area contributed by atoms with Crippen LogP contribution in [0.4, 0.5) is 0 Å². The molecule has 3 fully saturated rings. The molecule has 3 aliphatic rings. The Labute approximate surface area is 162 Å². The Morgan fingerprint density at radius 2 is 1.85 bits per heavy atom. The fraction of sp³-hybridized carbons (Fsp3) is 0.682. The summed E-state index contributed by atoms with van der Waals surface area (Å²) in [6.45, 7) is 5.15. The summed E-state index contributed by atoms with van der Waals surface area (Å²) < 4.78 is 6.15. The van der Waals surface area contributed by atoms with Crippen LogP contribution in [0.2, 0.25) is 0 Å². The Hall–Kier alpha value is -1.43. The highest BCUT2D eigenvalue weighted by Crippen LogP contribution is 2.47. The van der Waals surface area contributed by atoms with Crippen LogP contribution in [0, 0.1) is 10.8 Å². The molecule has 1 aliphatic heterocycles. The topological polar surface area (TPSA) is 61.8 Å². The minimum absolute atomic E-state index is 0.174. The van der Waals surface area contributed by atoms with E-state index >= 15 is 0 Å². The Bertz CT molecular complexity index is 632. The lowest BCUT2D eigenvalue weighted by Gasteiger charge is -2.42. The van der Waals surface area contributed by atoms with Gasteiger partial charge in [0.15, 0.2) is 0 Å². The SMILES string of the molecule is O=C(O)C1(CN2CCC(CNC3CC3)(COCc3ccccc3)CC2)CC1. The van der Waals surface area contributed by atoms with E-state index in [4.69, 9.17) is 4.74 Å². The molecular weight excluding hydrogens is 340 g/mol. The third-order valence-electron chi connectivity index (χ3n) is 6.61. The summed E-state index contributed by atoms with van der Waals surface area (Å²) in [5.74, 6) is -0.610. The van der Waals surface area contributed by atoms with E-state index < -0.39 is 11.4 Å². The Morgan fingerprint density at radius 3 is 2.44 bits per heavy atom. The van der Waals surface area contributed by atoms with Crippen LogP contribution in [0.25, 0.3) is 0 Å². The second-order valence-electron chi connectivity index (χ2n) is 9.00. The third kappa shape index (κ3) is 4.89. The number of hydrogen-bond acceptors (Lipinski definition) is 4. The number of benzene rings is 1. The summed E-state index contributed by atoms with van der Waals surface area (Å²) in [4.78, 5) is 13.9. The van der Waals surface area contributed by atoms with Crippen molar-refractivity contribution in [3.05, 3.63) is 35.9 Å². The molecule has 0 amide bonds. The van der Waals surface area contributed by atoms with E-state index in [1.807, 2.05) is 6.07 Å². The van der Waals surface area contributed by atoms with E-state index in [9.17, 15) is 9.90 Å². The second kappa shape index (κ2) is 7.90. The van der Waals surface area contributed by atoms with Gasteiger partial charge in [0, 0.05) is 24.5 Å². The molecule has 5 nitrogen and oxygen atoms in total. The maximum atomic E-state index is 11.5. The number of piperidine rings is 1. The molecule has 0 radical (unpaired) electrons. The molecule has 2 aliphatic carbocycles. The Morgan fingerprint density at radius 1 is 1.15 bits per heavy atom. The number of ether oxygens (including phenoxy) is 1. The van der Waals surface area contributed by atoms with Gasteiger partial charge >= 0.3 is 5.97 Å². The lowest BCUT2D eigenvalue weighted by molar-refractivity contribution is -0.144. The maximum Gasteiger partial charge on any atom is 0.310 e. The molecule has 0 atom stereocenters. The first kappa shape index (κ1) is 18.9. The van der Waals surface area contributed by atoms with Crippen LogP contribution in [0.15, 0.2) is 30.3 Å². The molecule has 2 saturated carbocycles. The van der Waals surface area contributed by atoms with Crippen LogP contribution in [-0.4, -0.2) is 54.8 Å². The molecule has 2 N–H and O–H groups in total. The van der Waals surface area contributed by atoms with Gasteiger partial charge in [0.05, 0.1) is 18.6 Å². The number of hydrogen-bond donors (Lipinski definition) is 2. The van der Waals surface area contributed by atoms with Gasteiger partial charge in [0.1, 0.15) is 0 Å². The smallest absolute Gasteiger partial charge is 0.310 e. The van der Waals surface area contributed by atoms with Crippen molar-refractivity contribution < 1.29 is 14.6 Å². The Balaban J connectivity index is 1.30. The second-order valence-corrected chi connectivity index (χ2v) is 9.00. The molecule has 0 spiro atoms. The van der Waals surface area contributed by atoms with Gasteiger partial charge in [-0.05, 0) is 57.2 Å². The maximum absolute atomic E-state index is 11.5. The highest BCUT2D eigenvalue weighted by Gasteiger charge is 2.51. The number of carbonyl (C=O) groups is 1. The summed E-state index contributed by atoms with van der Waals surface area (Å²) in [7, 11) is 0. The van der Waals surface area contributed by atoms with E-state index in [1.165, 1.54) is 18.4 Å². The third-order valence-corrected chi connectivity index (χ3v) is 6.61. The number of carboxylic acid groups (broad SMARTS) is 1. The molecule has 0 unspecified atom stereocenters. The Kier molecular flexibility index (Phi) is 5.53. The van der Waals surface area contributed by atoms with Gasteiger partial charge in [0.25, 0.3) is 0 Å². The molecule has 5 heteroatoms. The first-order valence-electron chi connectivity index (χ1n) is 10.4. The highest BCUT2D eigenvalue weighted by atomic mass is 16.5. The van der Waals surface area contributed by atoms with E-state index in [-0.39, 0.29) is 5.41 Å². The van der Waals surface area contributed by atoms with Gasteiger partial charge in [-0.1, -0.05) is 30.3 Å². The number of carboxylic acids is 1. The van der Waals surface area contributed by atoms with Crippen molar-refractivity contribution in [1.29, 1.82) is 0 Å². The number of likely N-dealkylation sites (tertiary alicyclic amines) is 1. The van der Waals surface area contributed by atoms with Crippen molar-refractivity contribution >= 4 is 5.97 Å². The van der Waals surface area contributed by atoms with Gasteiger partial charge in [-0.15, -0.1) is 0 Å². The molecule has 4 rings (SSSR count). The lowest BCUT2D eigenvalue weighted by Crippen LogP contribution is -2.49. The molecule has 1 heterocycles. The fourth-order valence-corrected chi connectivity index (χ4v) is 4.18. The van der Waals surface area contributed by atoms with E-state index in [0.717, 1.165) is 58.5 Å². The monoisotopic (exact) mass is 372 g/mol. The standard InChI is InChI=1S/C22H32N2O3/c25-20(26)22(8-9-22)16-24-12-10-21(11-13-24,15-23-19-6-7-19)17-27-14-18-4-2-1-3-5-18/h1-5,19,23H,6-17H2,(H,25,26). The van der Waals surface area contributed by atoms with Crippen molar-refractivity contribution in [2.75, 3.05) is 32.8 Å². The lowest BCUT2D eigenvalue weighted by atomic mass is 9.78. The zero-order valence-corrected chi connectivity index (χ0v) is 16.2. The number of aliphatic carboxylic acids is 1. The van der Waals surface area contributed by atoms with Crippen LogP contribution in [0.1, 0.15) is 44.1 Å². The minimum atomic E-state index is -0.610. The predicted octanol–water partition coefficient (Wildman–Crippen LogP) is 2.90. The molecular formula is C22H32N2O3. The van der Waals surface area contributed by atoms with E-state index in [2.05, 4.69) is 34.5 Å². The fourth-order valence-electron chi connectivity index (χ4n) is 4.18. The normalized spacial score (nSPS) is 23.9. The van der Waals surface area contributed by atoms with Crippen LogP contribution in [0.5, 0.6) is 0 Å². The summed E-state index contributed by atoms with van der Waals surface area (Å²) in [5.41, 5.74) is 0.946. The molecule has 1 saturated heterocycles.